The van der Waals surface area contributed by atoms with Gasteiger partial charge in [0.05, 0.1) is 0 Å². The zero-order valence-electron chi connectivity index (χ0n) is 9.47. The first-order chi connectivity index (χ1) is 7.70. The van der Waals surface area contributed by atoms with E-state index in [1.54, 1.807) is 23.1 Å². The number of benzene rings is 1. The second-order valence-electron chi connectivity index (χ2n) is 3.52. The molecule has 0 aliphatic heterocycles. The molecule has 84 valence electrons. The molecule has 0 spiro atoms. The molecule has 0 unspecified atom stereocenters. The Bertz CT molecular complexity index is 462. The normalized spacial score (nSPS) is 10.4. The summed E-state index contributed by atoms with van der Waals surface area (Å²) in [5.74, 6) is 0. The minimum Gasteiger partial charge on any atom is -0.378 e. The van der Waals surface area contributed by atoms with Crippen molar-refractivity contribution in [2.24, 2.45) is 0 Å². The van der Waals surface area contributed by atoms with Crippen molar-refractivity contribution in [2.45, 2.75) is 4.34 Å². The molecule has 0 amide bonds. The Morgan fingerprint density at radius 1 is 1.12 bits per heavy atom. The molecule has 0 saturated carbocycles. The largest absolute Gasteiger partial charge is 0.378 e. The van der Waals surface area contributed by atoms with Crippen LogP contribution in [0.2, 0.25) is 0 Å². The molecule has 0 N–H and O–H groups in total. The molecule has 0 fully saturated rings. The Morgan fingerprint density at radius 3 is 2.31 bits per heavy atom. The second-order valence-corrected chi connectivity index (χ2v) is 5.55. The molecule has 0 atom stereocenters. The van der Waals surface area contributed by atoms with Crippen LogP contribution >= 0.6 is 23.1 Å². The van der Waals surface area contributed by atoms with Crippen molar-refractivity contribution in [1.82, 2.24) is 10.2 Å². The van der Waals surface area contributed by atoms with Crippen LogP contribution in [0.4, 0.5) is 5.69 Å². The van der Waals surface area contributed by atoms with Crippen LogP contribution in [-0.2, 0) is 0 Å². The Kier molecular flexibility index (Phi) is 3.46. The maximum Gasteiger partial charge on any atom is 0.174 e. The maximum atomic E-state index is 4.17. The van der Waals surface area contributed by atoms with Crippen LogP contribution in [0.15, 0.2) is 28.6 Å². The number of thioether (sulfide) groups is 1. The monoisotopic (exact) mass is 251 g/mol. The smallest absolute Gasteiger partial charge is 0.174 e. The third-order valence-electron chi connectivity index (χ3n) is 2.21. The average molecular weight is 251 g/mol. The summed E-state index contributed by atoms with van der Waals surface area (Å²) >= 11 is 3.26. The SMILES string of the molecule is CSc1nnc(-c2ccc(N(C)C)cc2)s1. The van der Waals surface area contributed by atoms with Gasteiger partial charge in [0.25, 0.3) is 0 Å². The third kappa shape index (κ3) is 2.36. The summed E-state index contributed by atoms with van der Waals surface area (Å²) in [5.41, 5.74) is 2.32. The summed E-state index contributed by atoms with van der Waals surface area (Å²) in [4.78, 5) is 2.08. The molecule has 1 aromatic heterocycles. The highest BCUT2D eigenvalue weighted by Gasteiger charge is 2.05. The second kappa shape index (κ2) is 4.84. The van der Waals surface area contributed by atoms with Crippen LogP contribution in [0.1, 0.15) is 0 Å². The zero-order valence-corrected chi connectivity index (χ0v) is 11.1. The van der Waals surface area contributed by atoms with Gasteiger partial charge in [-0.15, -0.1) is 10.2 Å². The Labute approximate surface area is 104 Å². The van der Waals surface area contributed by atoms with E-state index in [4.69, 9.17) is 0 Å². The lowest BCUT2D eigenvalue weighted by Gasteiger charge is -2.11. The predicted molar refractivity (Wildman–Crippen MR) is 71.5 cm³/mol. The minimum atomic E-state index is 0.981. The van der Waals surface area contributed by atoms with Crippen LogP contribution in [0.3, 0.4) is 0 Å². The summed E-state index contributed by atoms with van der Waals surface area (Å²) in [5, 5.41) is 9.24. The van der Waals surface area contributed by atoms with Crippen molar-refractivity contribution in [1.29, 1.82) is 0 Å². The van der Waals surface area contributed by atoms with Gasteiger partial charge in [0.15, 0.2) is 4.34 Å². The number of nitrogens with zero attached hydrogens (tertiary/aromatic N) is 3. The van der Waals surface area contributed by atoms with E-state index in [2.05, 4.69) is 39.4 Å². The molecule has 3 nitrogen and oxygen atoms in total. The van der Waals surface area contributed by atoms with Crippen LogP contribution in [0.25, 0.3) is 10.6 Å². The Hall–Kier alpha value is -1.07. The molecule has 0 aliphatic carbocycles. The fraction of sp³-hybridized carbons (Fsp3) is 0.273. The maximum absolute atomic E-state index is 4.17. The van der Waals surface area contributed by atoms with Crippen LogP contribution in [0, 0.1) is 0 Å². The van der Waals surface area contributed by atoms with Gasteiger partial charge in [0, 0.05) is 25.3 Å². The van der Waals surface area contributed by atoms with Gasteiger partial charge >= 0.3 is 0 Å². The van der Waals surface area contributed by atoms with Gasteiger partial charge in [-0.2, -0.15) is 0 Å². The Morgan fingerprint density at radius 2 is 1.81 bits per heavy atom. The molecule has 1 heterocycles. The van der Waals surface area contributed by atoms with Crippen molar-refractivity contribution < 1.29 is 0 Å². The predicted octanol–water partition coefficient (Wildman–Crippen LogP) is 2.99. The topological polar surface area (TPSA) is 29.0 Å². The van der Waals surface area contributed by atoms with Crippen LogP contribution in [0.5, 0.6) is 0 Å². The fourth-order valence-corrected chi connectivity index (χ4v) is 2.59. The number of anilines is 1. The van der Waals surface area contributed by atoms with Crippen LogP contribution < -0.4 is 4.90 Å². The van der Waals surface area contributed by atoms with Crippen molar-refractivity contribution in [3.63, 3.8) is 0 Å². The molecule has 1 aromatic carbocycles. The first-order valence-electron chi connectivity index (χ1n) is 4.86. The standard InChI is InChI=1S/C11H13N3S2/c1-14(2)9-6-4-8(5-7-9)10-12-13-11(15-3)16-10/h4-7H,1-3H3. The molecule has 0 bridgehead atoms. The summed E-state index contributed by atoms with van der Waals surface area (Å²) in [7, 11) is 4.07. The van der Waals surface area contributed by atoms with E-state index in [1.165, 1.54) is 5.69 Å². The van der Waals surface area contributed by atoms with Crippen molar-refractivity contribution in [3.05, 3.63) is 24.3 Å². The van der Waals surface area contributed by atoms with Gasteiger partial charge < -0.3 is 4.90 Å². The molecule has 2 aromatic rings. The third-order valence-corrected chi connectivity index (χ3v) is 4.16. The Balaban J connectivity index is 2.27. The highest BCUT2D eigenvalue weighted by atomic mass is 32.2. The number of aromatic nitrogens is 2. The van der Waals surface area contributed by atoms with Gasteiger partial charge in [-0.05, 0) is 30.5 Å². The first-order valence-corrected chi connectivity index (χ1v) is 6.90. The van der Waals surface area contributed by atoms with Gasteiger partial charge in [-0.3, -0.25) is 0 Å². The lowest BCUT2D eigenvalue weighted by Crippen LogP contribution is -2.07. The van der Waals surface area contributed by atoms with E-state index >= 15 is 0 Å². The first kappa shape index (κ1) is 11.4. The van der Waals surface area contributed by atoms with Crippen LogP contribution in [-0.4, -0.2) is 30.5 Å². The van der Waals surface area contributed by atoms with Crippen molar-refractivity contribution >= 4 is 28.8 Å². The van der Waals surface area contributed by atoms with Gasteiger partial charge in [0.2, 0.25) is 0 Å². The quantitative estimate of drug-likeness (QED) is 0.784. The highest BCUT2D eigenvalue weighted by molar-refractivity contribution is 8.00. The molecule has 2 rings (SSSR count). The van der Waals surface area contributed by atoms with E-state index in [0.717, 1.165) is 14.9 Å². The average Bonchev–Trinajstić information content (AvgIpc) is 2.77. The van der Waals surface area contributed by atoms with Gasteiger partial charge in [-0.25, -0.2) is 0 Å². The van der Waals surface area contributed by atoms with E-state index in [1.807, 2.05) is 20.4 Å². The molecular weight excluding hydrogens is 238 g/mol. The minimum absolute atomic E-state index is 0.981. The molecule has 0 radical (unpaired) electrons. The highest BCUT2D eigenvalue weighted by Crippen LogP contribution is 2.28. The van der Waals surface area contributed by atoms with Gasteiger partial charge in [-0.1, -0.05) is 23.1 Å². The zero-order chi connectivity index (χ0) is 11.5. The number of rotatable bonds is 3. The fourth-order valence-electron chi connectivity index (χ4n) is 1.31. The van der Waals surface area contributed by atoms with Crippen molar-refractivity contribution in [2.75, 3.05) is 25.3 Å². The number of hydrogen-bond acceptors (Lipinski definition) is 5. The van der Waals surface area contributed by atoms with Crippen molar-refractivity contribution in [3.8, 4) is 10.6 Å². The van der Waals surface area contributed by atoms with E-state index < -0.39 is 0 Å². The molecular formula is C11H13N3S2. The van der Waals surface area contributed by atoms with Gasteiger partial charge in [0.1, 0.15) is 5.01 Å². The number of hydrogen-bond donors (Lipinski definition) is 0. The summed E-state index contributed by atoms with van der Waals surface area (Å²) in [6.07, 6.45) is 2.01. The molecule has 16 heavy (non-hydrogen) atoms. The summed E-state index contributed by atoms with van der Waals surface area (Å²) < 4.78 is 1.01. The molecule has 0 aliphatic rings. The lowest BCUT2D eigenvalue weighted by molar-refractivity contribution is 1.02. The summed E-state index contributed by atoms with van der Waals surface area (Å²) in [6.45, 7) is 0. The van der Waals surface area contributed by atoms with E-state index in [9.17, 15) is 0 Å². The van der Waals surface area contributed by atoms with E-state index in [0.29, 0.717) is 0 Å². The summed E-state index contributed by atoms with van der Waals surface area (Å²) in [6, 6.07) is 8.35. The van der Waals surface area contributed by atoms with E-state index in [-0.39, 0.29) is 0 Å². The molecule has 0 saturated heterocycles. The molecule has 5 heteroatoms. The lowest BCUT2D eigenvalue weighted by atomic mass is 10.2.